The monoisotopic (exact) mass is 257 g/mol. The molecule has 5 heteroatoms. The summed E-state index contributed by atoms with van der Waals surface area (Å²) in [5.74, 6) is -0.268. The predicted molar refractivity (Wildman–Crippen MR) is 64.9 cm³/mol. The maximum absolute atomic E-state index is 12.8. The summed E-state index contributed by atoms with van der Waals surface area (Å²) in [4.78, 5) is 0. The Labute approximate surface area is 101 Å². The van der Waals surface area contributed by atoms with Crippen LogP contribution in [-0.2, 0) is 9.84 Å². The standard InChI is InChI=1S/C12H16FNO2S/c1-2-17(15,16)12-10(7-14)11(12)8-3-5-9(13)6-4-8/h3-6,10-12H,2,7,14H2,1H3/t10-,11-,12-/m0/s1. The van der Waals surface area contributed by atoms with Gasteiger partial charge in [-0.2, -0.15) is 0 Å². The molecule has 1 saturated carbocycles. The Morgan fingerprint density at radius 3 is 2.35 bits per heavy atom. The van der Waals surface area contributed by atoms with Gasteiger partial charge in [0.25, 0.3) is 0 Å². The van der Waals surface area contributed by atoms with Crippen LogP contribution >= 0.6 is 0 Å². The summed E-state index contributed by atoms with van der Waals surface area (Å²) in [7, 11) is -3.07. The van der Waals surface area contributed by atoms with Crippen LogP contribution in [0.15, 0.2) is 24.3 Å². The normalized spacial score (nSPS) is 28.1. The lowest BCUT2D eigenvalue weighted by atomic mass is 10.1. The third-order valence-corrected chi connectivity index (χ3v) is 5.72. The Morgan fingerprint density at radius 2 is 1.88 bits per heavy atom. The van der Waals surface area contributed by atoms with Crippen molar-refractivity contribution in [1.82, 2.24) is 0 Å². The minimum Gasteiger partial charge on any atom is -0.330 e. The van der Waals surface area contributed by atoms with Gasteiger partial charge >= 0.3 is 0 Å². The lowest BCUT2D eigenvalue weighted by Crippen LogP contribution is -2.15. The van der Waals surface area contributed by atoms with Gasteiger partial charge in [0, 0.05) is 11.7 Å². The van der Waals surface area contributed by atoms with Crippen molar-refractivity contribution in [2.75, 3.05) is 12.3 Å². The molecule has 1 fully saturated rings. The van der Waals surface area contributed by atoms with Gasteiger partial charge in [-0.25, -0.2) is 12.8 Å². The van der Waals surface area contributed by atoms with Gasteiger partial charge in [-0.3, -0.25) is 0 Å². The second-order valence-electron chi connectivity index (χ2n) is 4.39. The van der Waals surface area contributed by atoms with Crippen molar-refractivity contribution in [3.63, 3.8) is 0 Å². The molecule has 2 N–H and O–H groups in total. The lowest BCUT2D eigenvalue weighted by molar-refractivity contribution is 0.593. The summed E-state index contributed by atoms with van der Waals surface area (Å²) >= 11 is 0. The topological polar surface area (TPSA) is 60.2 Å². The molecule has 1 aromatic rings. The van der Waals surface area contributed by atoms with Crippen LogP contribution in [0.3, 0.4) is 0 Å². The molecule has 94 valence electrons. The Hall–Kier alpha value is -0.940. The van der Waals surface area contributed by atoms with E-state index in [1.54, 1.807) is 19.1 Å². The van der Waals surface area contributed by atoms with E-state index in [1.807, 2.05) is 0 Å². The summed E-state index contributed by atoms with van der Waals surface area (Å²) in [6, 6.07) is 6.01. The quantitative estimate of drug-likeness (QED) is 0.884. The third kappa shape index (κ3) is 2.21. The van der Waals surface area contributed by atoms with Gasteiger partial charge in [-0.05, 0) is 30.2 Å². The van der Waals surface area contributed by atoms with Gasteiger partial charge in [0.05, 0.1) is 5.25 Å². The van der Waals surface area contributed by atoms with Crippen molar-refractivity contribution in [1.29, 1.82) is 0 Å². The molecule has 3 nitrogen and oxygen atoms in total. The van der Waals surface area contributed by atoms with Gasteiger partial charge in [-0.15, -0.1) is 0 Å². The van der Waals surface area contributed by atoms with Gasteiger partial charge in [-0.1, -0.05) is 19.1 Å². The van der Waals surface area contributed by atoms with Crippen LogP contribution in [0.1, 0.15) is 18.4 Å². The predicted octanol–water partition coefficient (Wildman–Crippen LogP) is 1.30. The molecule has 0 aromatic heterocycles. The first-order chi connectivity index (χ1) is 8.01. The fourth-order valence-corrected chi connectivity index (χ4v) is 4.34. The zero-order chi connectivity index (χ0) is 12.6. The van der Waals surface area contributed by atoms with E-state index in [2.05, 4.69) is 0 Å². The summed E-state index contributed by atoms with van der Waals surface area (Å²) in [6.07, 6.45) is 0. The zero-order valence-electron chi connectivity index (χ0n) is 9.64. The molecule has 1 aliphatic carbocycles. The lowest BCUT2D eigenvalue weighted by Gasteiger charge is -2.00. The molecule has 0 aliphatic heterocycles. The highest BCUT2D eigenvalue weighted by molar-refractivity contribution is 7.92. The van der Waals surface area contributed by atoms with Crippen molar-refractivity contribution in [3.8, 4) is 0 Å². The number of hydrogen-bond donors (Lipinski definition) is 1. The molecule has 1 aliphatic rings. The molecular formula is C12H16FNO2S. The van der Waals surface area contributed by atoms with E-state index < -0.39 is 9.84 Å². The fraction of sp³-hybridized carbons (Fsp3) is 0.500. The SMILES string of the molecule is CCS(=O)(=O)[C@H]1[C@@H](CN)[C@@H]1c1ccc(F)cc1. The Balaban J connectivity index is 2.26. The molecule has 0 radical (unpaired) electrons. The van der Waals surface area contributed by atoms with Crippen LogP contribution in [-0.4, -0.2) is 26.0 Å². The molecule has 2 rings (SSSR count). The average molecular weight is 257 g/mol. The van der Waals surface area contributed by atoms with Crippen molar-refractivity contribution in [3.05, 3.63) is 35.6 Å². The van der Waals surface area contributed by atoms with E-state index in [0.29, 0.717) is 6.54 Å². The van der Waals surface area contributed by atoms with Gasteiger partial charge < -0.3 is 5.73 Å². The summed E-state index contributed by atoms with van der Waals surface area (Å²) in [5.41, 5.74) is 6.46. The molecule has 1 aromatic carbocycles. The Bertz CT molecular complexity index is 498. The van der Waals surface area contributed by atoms with E-state index in [9.17, 15) is 12.8 Å². The van der Waals surface area contributed by atoms with Gasteiger partial charge in [0.1, 0.15) is 5.82 Å². The molecule has 0 saturated heterocycles. The fourth-order valence-electron chi connectivity index (χ4n) is 2.43. The van der Waals surface area contributed by atoms with Crippen LogP contribution in [0.2, 0.25) is 0 Å². The van der Waals surface area contributed by atoms with Crippen molar-refractivity contribution in [2.24, 2.45) is 11.7 Å². The molecule has 3 atom stereocenters. The highest BCUT2D eigenvalue weighted by Gasteiger charge is 2.56. The molecule has 0 unspecified atom stereocenters. The second-order valence-corrected chi connectivity index (χ2v) is 6.84. The molecular weight excluding hydrogens is 241 g/mol. The number of sulfone groups is 1. The smallest absolute Gasteiger partial charge is 0.153 e. The summed E-state index contributed by atoms with van der Waals surface area (Å²) in [5, 5.41) is -0.386. The van der Waals surface area contributed by atoms with E-state index in [4.69, 9.17) is 5.73 Å². The van der Waals surface area contributed by atoms with Crippen molar-refractivity contribution < 1.29 is 12.8 Å². The van der Waals surface area contributed by atoms with E-state index in [-0.39, 0.29) is 28.7 Å². The van der Waals surface area contributed by atoms with Crippen molar-refractivity contribution >= 4 is 9.84 Å². The van der Waals surface area contributed by atoms with Crippen LogP contribution in [0.4, 0.5) is 4.39 Å². The van der Waals surface area contributed by atoms with Crippen molar-refractivity contribution in [2.45, 2.75) is 18.1 Å². The maximum atomic E-state index is 12.8. The molecule has 17 heavy (non-hydrogen) atoms. The molecule has 0 spiro atoms. The largest absolute Gasteiger partial charge is 0.330 e. The van der Waals surface area contributed by atoms with Crippen LogP contribution in [0.5, 0.6) is 0 Å². The summed E-state index contributed by atoms with van der Waals surface area (Å²) < 4.78 is 36.5. The second kappa shape index (κ2) is 4.38. The van der Waals surface area contributed by atoms with E-state index in [1.165, 1.54) is 12.1 Å². The highest BCUT2D eigenvalue weighted by atomic mass is 32.2. The van der Waals surface area contributed by atoms with Gasteiger partial charge in [0.2, 0.25) is 0 Å². The van der Waals surface area contributed by atoms with Crippen LogP contribution in [0.25, 0.3) is 0 Å². The van der Waals surface area contributed by atoms with Crippen LogP contribution < -0.4 is 5.73 Å². The Morgan fingerprint density at radius 1 is 1.29 bits per heavy atom. The van der Waals surface area contributed by atoms with Gasteiger partial charge in [0.15, 0.2) is 9.84 Å². The number of rotatable bonds is 4. The first kappa shape index (κ1) is 12.5. The average Bonchev–Trinajstić information content (AvgIpc) is 3.05. The minimum absolute atomic E-state index is 0.0228. The summed E-state index contributed by atoms with van der Waals surface area (Å²) in [6.45, 7) is 1.99. The number of nitrogens with two attached hydrogens (primary N) is 1. The Kier molecular flexibility index (Phi) is 3.23. The zero-order valence-corrected chi connectivity index (χ0v) is 10.5. The highest BCUT2D eigenvalue weighted by Crippen LogP contribution is 2.51. The molecule has 0 amide bonds. The minimum atomic E-state index is -3.07. The first-order valence-corrected chi connectivity index (χ1v) is 7.40. The number of hydrogen-bond acceptors (Lipinski definition) is 3. The first-order valence-electron chi connectivity index (χ1n) is 5.68. The number of halogens is 1. The van der Waals surface area contributed by atoms with E-state index in [0.717, 1.165) is 5.56 Å². The third-order valence-electron chi connectivity index (χ3n) is 3.44. The molecule has 0 bridgehead atoms. The molecule has 0 heterocycles. The maximum Gasteiger partial charge on any atom is 0.153 e. The van der Waals surface area contributed by atoms with E-state index >= 15 is 0 Å². The van der Waals surface area contributed by atoms with Crippen LogP contribution in [0, 0.1) is 11.7 Å². The number of benzene rings is 1.